The summed E-state index contributed by atoms with van der Waals surface area (Å²) >= 11 is 0. The van der Waals surface area contributed by atoms with Gasteiger partial charge in [-0.15, -0.1) is 0 Å². The Morgan fingerprint density at radius 2 is 1.95 bits per heavy atom. The molecule has 0 spiro atoms. The molecule has 1 heterocycles. The average Bonchev–Trinajstić information content (AvgIpc) is 2.46. The Morgan fingerprint density at radius 1 is 1.33 bits per heavy atom. The Hall–Kier alpha value is -1.46. The molecule has 1 amide bonds. The molecule has 0 aliphatic carbocycles. The van der Waals surface area contributed by atoms with Gasteiger partial charge in [-0.1, -0.05) is 13.8 Å². The highest BCUT2D eigenvalue weighted by Gasteiger charge is 2.26. The molecule has 2 atom stereocenters. The van der Waals surface area contributed by atoms with E-state index >= 15 is 0 Å². The first-order valence-corrected chi connectivity index (χ1v) is 7.68. The van der Waals surface area contributed by atoms with Crippen LogP contribution >= 0.6 is 0 Å². The Labute approximate surface area is 127 Å². The number of pyridine rings is 1. The number of likely N-dealkylation sites (N-methyl/N-ethyl adjacent to an activating group) is 1. The predicted octanol–water partition coefficient (Wildman–Crippen LogP) is 1.71. The maximum absolute atomic E-state index is 12.1. The summed E-state index contributed by atoms with van der Waals surface area (Å²) in [6.07, 6.45) is 4.40. The van der Waals surface area contributed by atoms with E-state index in [0.29, 0.717) is 6.54 Å². The van der Waals surface area contributed by atoms with E-state index in [0.717, 1.165) is 18.5 Å². The Kier molecular flexibility index (Phi) is 7.32. The summed E-state index contributed by atoms with van der Waals surface area (Å²) < 4.78 is 0. The lowest BCUT2D eigenvalue weighted by molar-refractivity contribution is -0.123. The summed E-state index contributed by atoms with van der Waals surface area (Å²) in [4.78, 5) is 18.2. The van der Waals surface area contributed by atoms with E-state index < -0.39 is 0 Å². The molecular weight excluding hydrogens is 264 g/mol. The average molecular weight is 292 g/mol. The van der Waals surface area contributed by atoms with Crippen LogP contribution in [0.5, 0.6) is 0 Å². The van der Waals surface area contributed by atoms with E-state index in [-0.39, 0.29) is 24.0 Å². The highest BCUT2D eigenvalue weighted by molar-refractivity contribution is 5.78. The zero-order chi connectivity index (χ0) is 15.8. The van der Waals surface area contributed by atoms with Crippen molar-refractivity contribution in [2.75, 3.05) is 13.1 Å². The van der Waals surface area contributed by atoms with Crippen molar-refractivity contribution in [2.45, 2.75) is 52.2 Å². The van der Waals surface area contributed by atoms with Gasteiger partial charge in [0, 0.05) is 24.5 Å². The summed E-state index contributed by atoms with van der Waals surface area (Å²) in [6.45, 7) is 9.18. The first-order chi connectivity index (χ1) is 9.99. The van der Waals surface area contributed by atoms with Gasteiger partial charge in [-0.25, -0.2) is 0 Å². The van der Waals surface area contributed by atoms with Gasteiger partial charge < -0.3 is 11.1 Å². The second kappa shape index (κ2) is 8.74. The lowest BCUT2D eigenvalue weighted by atomic mass is 9.97. The van der Waals surface area contributed by atoms with Gasteiger partial charge in [-0.05, 0) is 44.5 Å². The van der Waals surface area contributed by atoms with Gasteiger partial charge in [0.2, 0.25) is 5.91 Å². The zero-order valence-electron chi connectivity index (χ0n) is 13.5. The lowest BCUT2D eigenvalue weighted by Crippen LogP contribution is -2.46. The molecule has 0 radical (unpaired) electrons. The van der Waals surface area contributed by atoms with Crippen LogP contribution in [0.1, 0.15) is 45.7 Å². The molecule has 21 heavy (non-hydrogen) atoms. The molecule has 1 aromatic heterocycles. The SMILES string of the molecule is CCC(N)C(c1ccncc1)N(CC)CC(=O)NC(C)C. The third kappa shape index (κ3) is 5.44. The molecule has 0 aliphatic heterocycles. The van der Waals surface area contributed by atoms with Crippen molar-refractivity contribution >= 4 is 5.91 Å². The number of hydrogen-bond donors (Lipinski definition) is 2. The minimum absolute atomic E-state index is 0.0146. The van der Waals surface area contributed by atoms with Gasteiger partial charge >= 0.3 is 0 Å². The number of carbonyl (C=O) groups excluding carboxylic acids is 1. The van der Waals surface area contributed by atoms with E-state index in [4.69, 9.17) is 5.73 Å². The number of hydrogen-bond acceptors (Lipinski definition) is 4. The third-order valence-corrected chi connectivity index (χ3v) is 3.52. The summed E-state index contributed by atoms with van der Waals surface area (Å²) in [5.74, 6) is 0.0363. The maximum Gasteiger partial charge on any atom is 0.234 e. The van der Waals surface area contributed by atoms with Crippen LogP contribution in [0.3, 0.4) is 0 Å². The molecule has 0 saturated heterocycles. The van der Waals surface area contributed by atoms with E-state index in [1.54, 1.807) is 12.4 Å². The quantitative estimate of drug-likeness (QED) is 0.765. The molecule has 3 N–H and O–H groups in total. The normalized spacial score (nSPS) is 14.2. The molecule has 1 aromatic rings. The summed E-state index contributed by atoms with van der Waals surface area (Å²) in [7, 11) is 0. The van der Waals surface area contributed by atoms with Crippen molar-refractivity contribution in [1.82, 2.24) is 15.2 Å². The van der Waals surface area contributed by atoms with Crippen molar-refractivity contribution in [3.8, 4) is 0 Å². The number of nitrogens with one attached hydrogen (secondary N) is 1. The molecular formula is C16H28N4O. The van der Waals surface area contributed by atoms with Crippen LogP contribution < -0.4 is 11.1 Å². The molecule has 0 bridgehead atoms. The van der Waals surface area contributed by atoms with Crippen LogP contribution in [0.4, 0.5) is 0 Å². The fourth-order valence-corrected chi connectivity index (χ4v) is 2.47. The monoisotopic (exact) mass is 292 g/mol. The topological polar surface area (TPSA) is 71.2 Å². The number of amides is 1. The van der Waals surface area contributed by atoms with Crippen molar-refractivity contribution in [3.05, 3.63) is 30.1 Å². The Morgan fingerprint density at radius 3 is 2.43 bits per heavy atom. The van der Waals surface area contributed by atoms with Gasteiger partial charge in [0.1, 0.15) is 0 Å². The van der Waals surface area contributed by atoms with Crippen LogP contribution in [-0.2, 0) is 4.79 Å². The van der Waals surface area contributed by atoms with E-state index in [1.807, 2.05) is 26.0 Å². The van der Waals surface area contributed by atoms with Gasteiger partial charge in [0.05, 0.1) is 12.6 Å². The number of rotatable bonds is 8. The van der Waals surface area contributed by atoms with Crippen molar-refractivity contribution in [1.29, 1.82) is 0 Å². The number of carbonyl (C=O) groups is 1. The first-order valence-electron chi connectivity index (χ1n) is 7.68. The van der Waals surface area contributed by atoms with Crippen LogP contribution in [0, 0.1) is 0 Å². The highest BCUT2D eigenvalue weighted by atomic mass is 16.2. The first kappa shape index (κ1) is 17.6. The van der Waals surface area contributed by atoms with Gasteiger partial charge in [-0.3, -0.25) is 14.7 Å². The molecule has 0 aromatic carbocycles. The third-order valence-electron chi connectivity index (χ3n) is 3.52. The molecule has 5 heteroatoms. The van der Waals surface area contributed by atoms with Crippen LogP contribution in [-0.4, -0.2) is 41.0 Å². The molecule has 5 nitrogen and oxygen atoms in total. The highest BCUT2D eigenvalue weighted by Crippen LogP contribution is 2.24. The maximum atomic E-state index is 12.1. The van der Waals surface area contributed by atoms with Crippen LogP contribution in [0.2, 0.25) is 0 Å². The minimum atomic E-state index is -0.0146. The Bertz CT molecular complexity index is 422. The second-order valence-corrected chi connectivity index (χ2v) is 5.58. The minimum Gasteiger partial charge on any atom is -0.353 e. The lowest BCUT2D eigenvalue weighted by Gasteiger charge is -2.34. The molecule has 0 fully saturated rings. The predicted molar refractivity (Wildman–Crippen MR) is 85.8 cm³/mol. The summed E-state index contributed by atoms with van der Waals surface area (Å²) in [6, 6.07) is 4.11. The summed E-state index contributed by atoms with van der Waals surface area (Å²) in [5, 5.41) is 2.94. The molecule has 0 aliphatic rings. The smallest absolute Gasteiger partial charge is 0.234 e. The molecule has 0 saturated carbocycles. The number of aromatic nitrogens is 1. The van der Waals surface area contributed by atoms with E-state index in [2.05, 4.69) is 29.0 Å². The standard InChI is InChI=1S/C16H28N4O/c1-5-14(17)16(13-7-9-18-10-8-13)20(6-2)11-15(21)19-12(3)4/h7-10,12,14,16H,5-6,11,17H2,1-4H3,(H,19,21). The molecule has 1 rings (SSSR count). The van der Waals surface area contributed by atoms with E-state index in [9.17, 15) is 4.79 Å². The second-order valence-electron chi connectivity index (χ2n) is 5.58. The van der Waals surface area contributed by atoms with Crippen molar-refractivity contribution in [2.24, 2.45) is 5.73 Å². The molecule has 118 valence electrons. The summed E-state index contributed by atoms with van der Waals surface area (Å²) in [5.41, 5.74) is 7.42. The number of nitrogens with zero attached hydrogens (tertiary/aromatic N) is 2. The fraction of sp³-hybridized carbons (Fsp3) is 0.625. The van der Waals surface area contributed by atoms with Crippen LogP contribution in [0.25, 0.3) is 0 Å². The number of nitrogens with two attached hydrogens (primary N) is 1. The zero-order valence-corrected chi connectivity index (χ0v) is 13.5. The largest absolute Gasteiger partial charge is 0.353 e. The van der Waals surface area contributed by atoms with Gasteiger partial charge in [0.15, 0.2) is 0 Å². The van der Waals surface area contributed by atoms with Gasteiger partial charge in [-0.2, -0.15) is 0 Å². The van der Waals surface area contributed by atoms with Crippen molar-refractivity contribution < 1.29 is 4.79 Å². The van der Waals surface area contributed by atoms with Crippen molar-refractivity contribution in [3.63, 3.8) is 0 Å². The fourth-order valence-electron chi connectivity index (χ4n) is 2.47. The van der Waals surface area contributed by atoms with Crippen LogP contribution in [0.15, 0.2) is 24.5 Å². The van der Waals surface area contributed by atoms with Gasteiger partial charge in [0.25, 0.3) is 0 Å². The van der Waals surface area contributed by atoms with E-state index in [1.165, 1.54) is 0 Å². The molecule has 2 unspecified atom stereocenters. The Balaban J connectivity index is 2.91.